The number of pyridine rings is 1. The smallest absolute Gasteiger partial charge is 0.412 e. The van der Waals surface area contributed by atoms with Crippen LogP contribution >= 0.6 is 27.5 Å². The Morgan fingerprint density at radius 3 is 2.84 bits per heavy atom. The van der Waals surface area contributed by atoms with Crippen LogP contribution in [0.25, 0.3) is 0 Å². The molecule has 0 aliphatic carbocycles. The highest BCUT2D eigenvalue weighted by molar-refractivity contribution is 9.10. The minimum atomic E-state index is -0.578. The lowest BCUT2D eigenvalue weighted by molar-refractivity contribution is 0.155. The summed E-state index contributed by atoms with van der Waals surface area (Å²) in [6.45, 7) is 0.200. The van der Waals surface area contributed by atoms with Gasteiger partial charge >= 0.3 is 6.09 Å². The van der Waals surface area contributed by atoms with E-state index in [0.717, 1.165) is 10.0 Å². The molecule has 6 heteroatoms. The molecular formula is C13H10BrClN2O2. The molecule has 0 fully saturated rings. The molecule has 1 N–H and O–H groups in total. The van der Waals surface area contributed by atoms with Crippen molar-refractivity contribution in [1.82, 2.24) is 4.98 Å². The Hall–Kier alpha value is -1.59. The van der Waals surface area contributed by atoms with E-state index >= 15 is 0 Å². The predicted octanol–water partition coefficient (Wildman–Crippen LogP) is 4.25. The average Bonchev–Trinajstić information content (AvgIpc) is 2.42. The minimum absolute atomic E-state index is 0.200. The lowest BCUT2D eigenvalue weighted by atomic mass is 10.2. The Balaban J connectivity index is 1.93. The third-order valence-electron chi connectivity index (χ3n) is 2.26. The molecule has 2 rings (SSSR count). The summed E-state index contributed by atoms with van der Waals surface area (Å²) in [5.41, 5.74) is 1.31. The van der Waals surface area contributed by atoms with Crippen LogP contribution in [-0.4, -0.2) is 11.1 Å². The molecule has 0 aliphatic rings. The third-order valence-corrected chi connectivity index (χ3v) is 2.99. The maximum absolute atomic E-state index is 11.6. The fraction of sp³-hybridized carbons (Fsp3) is 0.0769. The van der Waals surface area contributed by atoms with Crippen LogP contribution in [0.5, 0.6) is 0 Å². The topological polar surface area (TPSA) is 51.2 Å². The number of hydrogen-bond acceptors (Lipinski definition) is 3. The maximum atomic E-state index is 11.6. The van der Waals surface area contributed by atoms with Gasteiger partial charge in [0.15, 0.2) is 5.15 Å². The van der Waals surface area contributed by atoms with E-state index in [9.17, 15) is 4.79 Å². The van der Waals surface area contributed by atoms with Gasteiger partial charge in [-0.15, -0.1) is 0 Å². The number of carbonyl (C=O) groups excluding carboxylic acids is 1. The largest absolute Gasteiger partial charge is 0.444 e. The highest BCUT2D eigenvalue weighted by Crippen LogP contribution is 2.23. The van der Waals surface area contributed by atoms with Gasteiger partial charge in [-0.25, -0.2) is 9.78 Å². The van der Waals surface area contributed by atoms with E-state index in [0.29, 0.717) is 5.69 Å². The van der Waals surface area contributed by atoms with Gasteiger partial charge in [-0.1, -0.05) is 41.9 Å². The van der Waals surface area contributed by atoms with Gasteiger partial charge in [-0.05, 0) is 27.6 Å². The first-order valence-electron chi connectivity index (χ1n) is 5.44. The van der Waals surface area contributed by atoms with Crippen molar-refractivity contribution in [3.05, 3.63) is 57.8 Å². The van der Waals surface area contributed by atoms with Crippen molar-refractivity contribution in [2.75, 3.05) is 5.32 Å². The van der Waals surface area contributed by atoms with Crippen LogP contribution in [0.3, 0.4) is 0 Å². The number of ether oxygens (including phenoxy) is 1. The summed E-state index contributed by atoms with van der Waals surface area (Å²) in [6, 6.07) is 11.1. The molecule has 0 spiro atoms. The van der Waals surface area contributed by atoms with Crippen molar-refractivity contribution in [3.63, 3.8) is 0 Å². The Labute approximate surface area is 123 Å². The second-order valence-electron chi connectivity index (χ2n) is 3.68. The summed E-state index contributed by atoms with van der Waals surface area (Å²) in [5.74, 6) is 0. The van der Waals surface area contributed by atoms with Crippen LogP contribution in [-0.2, 0) is 11.3 Å². The van der Waals surface area contributed by atoms with Crippen LogP contribution in [0.2, 0.25) is 5.15 Å². The molecule has 4 nitrogen and oxygen atoms in total. The average molecular weight is 342 g/mol. The highest BCUT2D eigenvalue weighted by atomic mass is 79.9. The monoisotopic (exact) mass is 340 g/mol. The van der Waals surface area contributed by atoms with E-state index in [-0.39, 0.29) is 11.8 Å². The molecule has 1 heterocycles. The number of halogens is 2. The zero-order valence-electron chi connectivity index (χ0n) is 9.77. The molecular weight excluding hydrogens is 332 g/mol. The summed E-state index contributed by atoms with van der Waals surface area (Å²) >= 11 is 9.10. The quantitative estimate of drug-likeness (QED) is 0.849. The predicted molar refractivity (Wildman–Crippen MR) is 77.2 cm³/mol. The molecule has 0 saturated heterocycles. The molecule has 0 atom stereocenters. The van der Waals surface area contributed by atoms with Crippen LogP contribution in [0.1, 0.15) is 5.56 Å². The van der Waals surface area contributed by atoms with Gasteiger partial charge in [-0.3, -0.25) is 5.32 Å². The van der Waals surface area contributed by atoms with Gasteiger partial charge in [0.25, 0.3) is 0 Å². The molecule has 0 unspecified atom stereocenters. The number of amides is 1. The van der Waals surface area contributed by atoms with Crippen molar-refractivity contribution in [2.24, 2.45) is 0 Å². The SMILES string of the molecule is O=C(Nc1cc(Br)cnc1Cl)OCc1ccccc1. The number of rotatable bonds is 3. The number of nitrogens with zero attached hydrogens (tertiary/aromatic N) is 1. The molecule has 1 amide bonds. The molecule has 1 aromatic carbocycles. The maximum Gasteiger partial charge on any atom is 0.412 e. The second kappa shape index (κ2) is 6.54. The number of carbonyl (C=O) groups is 1. The molecule has 0 saturated carbocycles. The van der Waals surface area contributed by atoms with Crippen LogP contribution < -0.4 is 5.32 Å². The zero-order chi connectivity index (χ0) is 13.7. The fourth-order valence-corrected chi connectivity index (χ4v) is 1.86. The summed E-state index contributed by atoms with van der Waals surface area (Å²) in [4.78, 5) is 15.5. The van der Waals surface area contributed by atoms with E-state index in [2.05, 4.69) is 26.2 Å². The molecule has 98 valence electrons. The zero-order valence-corrected chi connectivity index (χ0v) is 12.1. The first kappa shape index (κ1) is 13.8. The number of nitrogens with one attached hydrogen (secondary N) is 1. The van der Waals surface area contributed by atoms with Gasteiger partial charge in [0.2, 0.25) is 0 Å². The molecule has 0 aliphatic heterocycles. The van der Waals surface area contributed by atoms with E-state index in [1.165, 1.54) is 0 Å². The van der Waals surface area contributed by atoms with Crippen molar-refractivity contribution < 1.29 is 9.53 Å². The second-order valence-corrected chi connectivity index (χ2v) is 4.95. The third kappa shape index (κ3) is 4.22. The summed E-state index contributed by atoms with van der Waals surface area (Å²) in [5, 5.41) is 2.74. The molecule has 2 aromatic rings. The van der Waals surface area contributed by atoms with Crippen LogP contribution in [0.4, 0.5) is 10.5 Å². The molecule has 19 heavy (non-hydrogen) atoms. The van der Waals surface area contributed by atoms with Crippen molar-refractivity contribution in [2.45, 2.75) is 6.61 Å². The summed E-state index contributed by atoms with van der Waals surface area (Å²) in [7, 11) is 0. The van der Waals surface area contributed by atoms with Crippen molar-refractivity contribution in [3.8, 4) is 0 Å². The van der Waals surface area contributed by atoms with Crippen molar-refractivity contribution >= 4 is 39.3 Å². The van der Waals surface area contributed by atoms with Crippen LogP contribution in [0, 0.1) is 0 Å². The lowest BCUT2D eigenvalue weighted by Gasteiger charge is -2.08. The Morgan fingerprint density at radius 1 is 1.37 bits per heavy atom. The van der Waals surface area contributed by atoms with Crippen LogP contribution in [0.15, 0.2) is 47.1 Å². The van der Waals surface area contributed by atoms with Gasteiger partial charge in [0.1, 0.15) is 6.61 Å². The normalized spacial score (nSPS) is 10.0. The molecule has 1 aromatic heterocycles. The van der Waals surface area contributed by atoms with Gasteiger partial charge in [0.05, 0.1) is 5.69 Å². The standard InChI is InChI=1S/C13H10BrClN2O2/c14-10-6-11(12(15)16-7-10)17-13(18)19-8-9-4-2-1-3-5-9/h1-7H,8H2,(H,17,18). The fourth-order valence-electron chi connectivity index (χ4n) is 1.38. The Morgan fingerprint density at radius 2 is 2.11 bits per heavy atom. The Kier molecular flexibility index (Phi) is 4.76. The Bertz CT molecular complexity index is 578. The van der Waals surface area contributed by atoms with Crippen molar-refractivity contribution in [1.29, 1.82) is 0 Å². The molecule has 0 radical (unpaired) electrons. The minimum Gasteiger partial charge on any atom is -0.444 e. The van der Waals surface area contributed by atoms with E-state index in [1.807, 2.05) is 30.3 Å². The first-order valence-corrected chi connectivity index (χ1v) is 6.61. The van der Waals surface area contributed by atoms with E-state index < -0.39 is 6.09 Å². The number of anilines is 1. The number of hydrogen-bond donors (Lipinski definition) is 1. The first-order chi connectivity index (χ1) is 9.15. The summed E-state index contributed by atoms with van der Waals surface area (Å²) in [6.07, 6.45) is 0.966. The van der Waals surface area contributed by atoms with Gasteiger partial charge < -0.3 is 4.74 Å². The van der Waals surface area contributed by atoms with E-state index in [4.69, 9.17) is 16.3 Å². The number of benzene rings is 1. The molecule has 0 bridgehead atoms. The van der Waals surface area contributed by atoms with E-state index in [1.54, 1.807) is 12.3 Å². The highest BCUT2D eigenvalue weighted by Gasteiger charge is 2.08. The van der Waals surface area contributed by atoms with Gasteiger partial charge in [-0.2, -0.15) is 0 Å². The van der Waals surface area contributed by atoms with Gasteiger partial charge in [0, 0.05) is 10.7 Å². The number of aromatic nitrogens is 1. The summed E-state index contributed by atoms with van der Waals surface area (Å²) < 4.78 is 5.79. The lowest BCUT2D eigenvalue weighted by Crippen LogP contribution is -2.14.